The molecule has 1 aromatic heterocycles. The molecular weight excluding hydrogens is 294 g/mol. The molecule has 0 unspecified atom stereocenters. The van der Waals surface area contributed by atoms with Crippen molar-refractivity contribution in [2.45, 2.75) is 52.4 Å². The second-order valence-corrected chi connectivity index (χ2v) is 8.67. The van der Waals surface area contributed by atoms with Gasteiger partial charge in [-0.15, -0.1) is 0 Å². The summed E-state index contributed by atoms with van der Waals surface area (Å²) in [4.78, 5) is 3.36. The van der Waals surface area contributed by atoms with Gasteiger partial charge in [0.2, 0.25) is 0 Å². The first kappa shape index (κ1) is 16.6. The fourth-order valence-electron chi connectivity index (χ4n) is 3.24. The predicted molar refractivity (Wildman–Crippen MR) is 103 cm³/mol. The first-order chi connectivity index (χ1) is 11.1. The summed E-state index contributed by atoms with van der Waals surface area (Å²) in [6.45, 7) is 12.9. The van der Waals surface area contributed by atoms with Gasteiger partial charge in [0.25, 0.3) is 0 Å². The highest BCUT2D eigenvalue weighted by atomic mass is 16.3. The van der Waals surface area contributed by atoms with Crippen LogP contribution in [0.4, 0.5) is 0 Å². The smallest absolute Gasteiger partial charge is 0.123 e. The summed E-state index contributed by atoms with van der Waals surface area (Å²) in [5.41, 5.74) is 5.22. The molecule has 2 nitrogen and oxygen atoms in total. The maximum absolute atomic E-state index is 10.9. The van der Waals surface area contributed by atoms with Gasteiger partial charge in [0.15, 0.2) is 0 Å². The van der Waals surface area contributed by atoms with E-state index >= 15 is 0 Å². The molecule has 0 saturated carbocycles. The molecule has 0 fully saturated rings. The van der Waals surface area contributed by atoms with Crippen LogP contribution in [0.15, 0.2) is 42.6 Å². The van der Waals surface area contributed by atoms with Crippen molar-refractivity contribution in [2.75, 3.05) is 0 Å². The van der Waals surface area contributed by atoms with Crippen molar-refractivity contribution in [1.82, 2.24) is 4.98 Å². The average Bonchev–Trinajstić information content (AvgIpc) is 2.89. The number of phenolic OH excluding ortho intramolecular Hbond substituents is 1. The molecule has 0 saturated heterocycles. The summed E-state index contributed by atoms with van der Waals surface area (Å²) in [5, 5.41) is 12.1. The number of benzene rings is 2. The van der Waals surface area contributed by atoms with Crippen LogP contribution in [-0.2, 0) is 10.8 Å². The van der Waals surface area contributed by atoms with E-state index in [1.165, 1.54) is 10.9 Å². The molecule has 0 aliphatic heterocycles. The van der Waals surface area contributed by atoms with Crippen molar-refractivity contribution >= 4 is 10.9 Å². The van der Waals surface area contributed by atoms with Crippen LogP contribution in [0.25, 0.3) is 22.0 Å². The second-order valence-electron chi connectivity index (χ2n) is 8.67. The van der Waals surface area contributed by atoms with Crippen molar-refractivity contribution in [3.63, 3.8) is 0 Å². The number of phenols is 1. The Morgan fingerprint density at radius 1 is 0.833 bits per heavy atom. The van der Waals surface area contributed by atoms with Gasteiger partial charge < -0.3 is 10.1 Å². The van der Waals surface area contributed by atoms with Crippen molar-refractivity contribution in [2.24, 2.45) is 0 Å². The third-order valence-corrected chi connectivity index (χ3v) is 4.63. The molecule has 24 heavy (non-hydrogen) atoms. The Labute approximate surface area is 144 Å². The normalized spacial score (nSPS) is 12.8. The lowest BCUT2D eigenvalue weighted by molar-refractivity contribution is 0.423. The summed E-state index contributed by atoms with van der Waals surface area (Å²) in [7, 11) is 0. The fraction of sp³-hybridized carbons (Fsp3) is 0.364. The van der Waals surface area contributed by atoms with Crippen LogP contribution in [0.2, 0.25) is 0 Å². The van der Waals surface area contributed by atoms with Crippen molar-refractivity contribution in [3.8, 4) is 16.9 Å². The summed E-state index contributed by atoms with van der Waals surface area (Å²) < 4.78 is 0. The molecule has 0 atom stereocenters. The molecule has 2 heteroatoms. The van der Waals surface area contributed by atoms with Gasteiger partial charge in [0.05, 0.1) is 0 Å². The van der Waals surface area contributed by atoms with Gasteiger partial charge in [0, 0.05) is 33.8 Å². The molecule has 0 bridgehead atoms. The molecule has 2 N–H and O–H groups in total. The number of H-pyrrole nitrogens is 1. The highest BCUT2D eigenvalue weighted by Gasteiger charge is 2.27. The number of para-hydroxylation sites is 1. The largest absolute Gasteiger partial charge is 0.507 e. The van der Waals surface area contributed by atoms with Crippen LogP contribution >= 0.6 is 0 Å². The molecule has 0 spiro atoms. The van der Waals surface area contributed by atoms with Crippen molar-refractivity contribution < 1.29 is 5.11 Å². The molecule has 0 radical (unpaired) electrons. The maximum atomic E-state index is 10.9. The van der Waals surface area contributed by atoms with Gasteiger partial charge in [-0.05, 0) is 34.6 Å². The Morgan fingerprint density at radius 2 is 1.38 bits per heavy atom. The van der Waals surface area contributed by atoms with E-state index in [4.69, 9.17) is 0 Å². The van der Waals surface area contributed by atoms with E-state index in [1.54, 1.807) is 0 Å². The third kappa shape index (κ3) is 2.82. The summed E-state index contributed by atoms with van der Waals surface area (Å²) in [6.07, 6.45) is 2.07. The van der Waals surface area contributed by atoms with E-state index in [0.717, 1.165) is 22.2 Å². The number of nitrogens with one attached hydrogen (secondary N) is 1. The van der Waals surface area contributed by atoms with Crippen molar-refractivity contribution in [1.29, 1.82) is 0 Å². The minimum Gasteiger partial charge on any atom is -0.507 e. The van der Waals surface area contributed by atoms with Crippen molar-refractivity contribution in [3.05, 3.63) is 53.7 Å². The van der Waals surface area contributed by atoms with Crippen LogP contribution in [0.3, 0.4) is 0 Å². The standard InChI is InChI=1S/C22H27NO/c1-21(2,3)17-11-14(12-18(20(17)24)22(4,5)6)16-13-23-19-10-8-7-9-15(16)19/h7-13,23-24H,1-6H3. The fourth-order valence-corrected chi connectivity index (χ4v) is 3.24. The van der Waals surface area contributed by atoms with E-state index in [9.17, 15) is 5.11 Å². The van der Waals surface area contributed by atoms with E-state index in [2.05, 4.69) is 83.1 Å². The number of aromatic amines is 1. The monoisotopic (exact) mass is 321 g/mol. The Kier molecular flexibility index (Phi) is 3.75. The Bertz CT molecular complexity index is 853. The van der Waals surface area contributed by atoms with Gasteiger partial charge in [-0.3, -0.25) is 0 Å². The number of aromatic nitrogens is 1. The first-order valence-electron chi connectivity index (χ1n) is 8.53. The predicted octanol–water partition coefficient (Wildman–Crippen LogP) is 6.14. The molecule has 2 aromatic carbocycles. The van der Waals surface area contributed by atoms with Gasteiger partial charge in [-0.25, -0.2) is 0 Å². The Balaban J connectivity index is 2.33. The van der Waals surface area contributed by atoms with Crippen LogP contribution < -0.4 is 0 Å². The van der Waals surface area contributed by atoms with E-state index in [1.807, 2.05) is 6.07 Å². The Morgan fingerprint density at radius 3 is 1.92 bits per heavy atom. The molecule has 126 valence electrons. The number of fused-ring (bicyclic) bond motifs is 1. The van der Waals surface area contributed by atoms with E-state index < -0.39 is 0 Å². The van der Waals surface area contributed by atoms with Gasteiger partial charge in [-0.1, -0.05) is 59.7 Å². The molecule has 1 heterocycles. The Hall–Kier alpha value is -2.22. The molecular formula is C22H27NO. The average molecular weight is 321 g/mol. The lowest BCUT2D eigenvalue weighted by Gasteiger charge is -2.28. The van der Waals surface area contributed by atoms with Gasteiger partial charge in [0.1, 0.15) is 5.75 Å². The molecule has 0 aliphatic rings. The maximum Gasteiger partial charge on any atom is 0.123 e. The minimum absolute atomic E-state index is 0.119. The summed E-state index contributed by atoms with van der Waals surface area (Å²) >= 11 is 0. The minimum atomic E-state index is -0.119. The quantitative estimate of drug-likeness (QED) is 0.555. The van der Waals surface area contributed by atoms with E-state index in [-0.39, 0.29) is 10.8 Å². The summed E-state index contributed by atoms with van der Waals surface area (Å²) in [6, 6.07) is 12.6. The number of hydrogen-bond acceptors (Lipinski definition) is 1. The zero-order valence-electron chi connectivity index (χ0n) is 15.5. The number of hydrogen-bond donors (Lipinski definition) is 2. The van der Waals surface area contributed by atoms with E-state index in [0.29, 0.717) is 5.75 Å². The SMILES string of the molecule is CC(C)(C)c1cc(-c2c[nH]c3ccccc23)cc(C(C)(C)C)c1O. The summed E-state index contributed by atoms with van der Waals surface area (Å²) in [5.74, 6) is 0.429. The van der Waals surface area contributed by atoms with Crippen LogP contribution in [-0.4, -0.2) is 10.1 Å². The molecule has 3 aromatic rings. The van der Waals surface area contributed by atoms with Crippen LogP contribution in [0, 0.1) is 0 Å². The van der Waals surface area contributed by atoms with Gasteiger partial charge >= 0.3 is 0 Å². The lowest BCUT2D eigenvalue weighted by atomic mass is 9.78. The number of rotatable bonds is 1. The highest BCUT2D eigenvalue weighted by molar-refractivity contribution is 5.95. The first-order valence-corrected chi connectivity index (χ1v) is 8.53. The molecule has 3 rings (SSSR count). The number of aromatic hydroxyl groups is 1. The zero-order valence-corrected chi connectivity index (χ0v) is 15.5. The van der Waals surface area contributed by atoms with Crippen LogP contribution in [0.1, 0.15) is 52.7 Å². The third-order valence-electron chi connectivity index (χ3n) is 4.63. The van der Waals surface area contributed by atoms with Crippen LogP contribution in [0.5, 0.6) is 5.75 Å². The molecule has 0 aliphatic carbocycles. The lowest BCUT2D eigenvalue weighted by Crippen LogP contribution is -2.17. The molecule has 0 amide bonds. The zero-order chi connectivity index (χ0) is 17.7. The van der Waals surface area contributed by atoms with Gasteiger partial charge in [-0.2, -0.15) is 0 Å². The second kappa shape index (κ2) is 5.41. The topological polar surface area (TPSA) is 36.0 Å². The highest BCUT2D eigenvalue weighted by Crippen LogP contribution is 2.43.